The molecule has 0 saturated carbocycles. The minimum Gasteiger partial charge on any atom is -0.484 e. The molecule has 6 heteroatoms. The van der Waals surface area contributed by atoms with Crippen LogP contribution in [0.1, 0.15) is 27.2 Å². The number of rotatable bonds is 7. The van der Waals surface area contributed by atoms with Crippen molar-refractivity contribution < 1.29 is 19.1 Å². The Bertz CT molecular complexity index is 826. The number of furan rings is 1. The van der Waals surface area contributed by atoms with E-state index >= 15 is 0 Å². The first kappa shape index (κ1) is 17.3. The fraction of sp³-hybridized carbons (Fsp3) is 0.211. The Hall–Kier alpha value is -2.57. The summed E-state index contributed by atoms with van der Waals surface area (Å²) in [5, 5.41) is 13.0. The second-order valence-electron chi connectivity index (χ2n) is 5.55. The molecule has 1 atom stereocenters. The van der Waals surface area contributed by atoms with E-state index in [9.17, 15) is 9.90 Å². The predicted octanol–water partition coefficient (Wildman–Crippen LogP) is 3.43. The van der Waals surface area contributed by atoms with E-state index in [4.69, 9.17) is 9.15 Å². The van der Waals surface area contributed by atoms with Crippen LogP contribution < -0.4 is 10.1 Å². The molecule has 0 spiro atoms. The lowest BCUT2D eigenvalue weighted by Gasteiger charge is -2.09. The number of carbonyl (C=O) groups is 1. The zero-order valence-corrected chi connectivity index (χ0v) is 14.6. The van der Waals surface area contributed by atoms with Crippen molar-refractivity contribution in [3.05, 3.63) is 75.9 Å². The Kier molecular flexibility index (Phi) is 5.53. The van der Waals surface area contributed by atoms with Crippen molar-refractivity contribution in [2.24, 2.45) is 0 Å². The van der Waals surface area contributed by atoms with Crippen molar-refractivity contribution in [1.82, 2.24) is 5.32 Å². The Morgan fingerprint density at radius 3 is 2.84 bits per heavy atom. The van der Waals surface area contributed by atoms with Gasteiger partial charge in [-0.15, -0.1) is 11.3 Å². The third-order valence-corrected chi connectivity index (χ3v) is 4.81. The molecule has 1 unspecified atom stereocenters. The van der Waals surface area contributed by atoms with Gasteiger partial charge in [0.15, 0.2) is 6.61 Å². The van der Waals surface area contributed by atoms with E-state index in [0.29, 0.717) is 18.1 Å². The molecular formula is C19H19NO4S. The lowest BCUT2D eigenvalue weighted by molar-refractivity contribution is -0.123. The zero-order valence-electron chi connectivity index (χ0n) is 13.8. The van der Waals surface area contributed by atoms with Gasteiger partial charge in [-0.1, -0.05) is 18.2 Å². The Balaban J connectivity index is 1.49. The van der Waals surface area contributed by atoms with E-state index in [1.165, 1.54) is 17.6 Å². The third kappa shape index (κ3) is 4.49. The highest BCUT2D eigenvalue weighted by atomic mass is 32.1. The summed E-state index contributed by atoms with van der Waals surface area (Å²) >= 11 is 1.43. The summed E-state index contributed by atoms with van der Waals surface area (Å²) in [6, 6.07) is 14.8. The molecule has 5 nitrogen and oxygen atoms in total. The summed E-state index contributed by atoms with van der Waals surface area (Å²) in [5.74, 6) is 1.02. The third-order valence-electron chi connectivity index (χ3n) is 3.68. The van der Waals surface area contributed by atoms with Gasteiger partial charge in [0.1, 0.15) is 17.6 Å². The van der Waals surface area contributed by atoms with Crippen LogP contribution >= 0.6 is 11.3 Å². The Labute approximate surface area is 149 Å². The number of aliphatic hydroxyl groups is 1. The number of carbonyl (C=O) groups excluding carboxylic acids is 1. The molecule has 0 aliphatic heterocycles. The molecule has 2 heterocycles. The summed E-state index contributed by atoms with van der Waals surface area (Å²) < 4.78 is 10.7. The molecule has 3 rings (SSSR count). The van der Waals surface area contributed by atoms with E-state index in [-0.39, 0.29) is 12.5 Å². The van der Waals surface area contributed by atoms with Crippen molar-refractivity contribution in [2.75, 3.05) is 6.61 Å². The van der Waals surface area contributed by atoms with Gasteiger partial charge < -0.3 is 19.6 Å². The van der Waals surface area contributed by atoms with Crippen molar-refractivity contribution in [1.29, 1.82) is 0 Å². The molecule has 25 heavy (non-hydrogen) atoms. The number of nitrogens with one attached hydrogen (secondary N) is 1. The first-order valence-corrected chi connectivity index (χ1v) is 8.70. The van der Waals surface area contributed by atoms with Crippen LogP contribution in [0.25, 0.3) is 0 Å². The van der Waals surface area contributed by atoms with Crippen LogP contribution in [0.2, 0.25) is 0 Å². The first-order valence-electron chi connectivity index (χ1n) is 7.88. The van der Waals surface area contributed by atoms with E-state index < -0.39 is 6.10 Å². The highest BCUT2D eigenvalue weighted by molar-refractivity contribution is 7.12. The molecule has 0 aliphatic rings. The van der Waals surface area contributed by atoms with Gasteiger partial charge in [0, 0.05) is 9.75 Å². The van der Waals surface area contributed by atoms with Gasteiger partial charge in [0.05, 0.1) is 12.8 Å². The molecule has 0 bridgehead atoms. The summed E-state index contributed by atoms with van der Waals surface area (Å²) in [7, 11) is 0. The standard InChI is InChI=1S/C19H19NO4S/c1-13-5-2-3-6-15(13)24-12-18(21)20-11-14-8-9-17(25-14)19(22)16-7-4-10-23-16/h2-10,19,22H,11-12H2,1H3,(H,20,21). The van der Waals surface area contributed by atoms with Gasteiger partial charge in [-0.2, -0.15) is 0 Å². The molecule has 0 saturated heterocycles. The highest BCUT2D eigenvalue weighted by Gasteiger charge is 2.15. The van der Waals surface area contributed by atoms with Gasteiger partial charge in [-0.25, -0.2) is 0 Å². The minimum absolute atomic E-state index is 0.0297. The first-order chi connectivity index (χ1) is 12.1. The number of thiophene rings is 1. The highest BCUT2D eigenvalue weighted by Crippen LogP contribution is 2.28. The fourth-order valence-corrected chi connectivity index (χ4v) is 3.27. The van der Waals surface area contributed by atoms with Gasteiger partial charge in [0.25, 0.3) is 5.91 Å². The number of benzene rings is 1. The Morgan fingerprint density at radius 1 is 1.24 bits per heavy atom. The lowest BCUT2D eigenvalue weighted by Crippen LogP contribution is -2.28. The lowest BCUT2D eigenvalue weighted by atomic mass is 10.2. The molecule has 0 fully saturated rings. The summed E-state index contributed by atoms with van der Waals surface area (Å²) in [6.07, 6.45) is 0.746. The predicted molar refractivity (Wildman–Crippen MR) is 95.6 cm³/mol. The molecule has 0 radical (unpaired) electrons. The van der Waals surface area contributed by atoms with Crippen LogP contribution in [-0.2, 0) is 11.3 Å². The monoisotopic (exact) mass is 357 g/mol. The summed E-state index contributed by atoms with van der Waals surface area (Å²) in [6.45, 7) is 2.30. The van der Waals surface area contributed by atoms with Crippen LogP contribution in [0.3, 0.4) is 0 Å². The van der Waals surface area contributed by atoms with E-state index in [0.717, 1.165) is 15.3 Å². The van der Waals surface area contributed by atoms with Crippen molar-refractivity contribution >= 4 is 17.2 Å². The number of aliphatic hydroxyl groups excluding tert-OH is 1. The zero-order chi connectivity index (χ0) is 17.6. The second kappa shape index (κ2) is 8.00. The largest absolute Gasteiger partial charge is 0.484 e. The number of hydrogen-bond acceptors (Lipinski definition) is 5. The number of amides is 1. The van der Waals surface area contributed by atoms with Gasteiger partial charge in [0.2, 0.25) is 0 Å². The maximum Gasteiger partial charge on any atom is 0.258 e. The number of para-hydroxylation sites is 1. The number of aryl methyl sites for hydroxylation is 1. The summed E-state index contributed by atoms with van der Waals surface area (Å²) in [4.78, 5) is 13.7. The SMILES string of the molecule is Cc1ccccc1OCC(=O)NCc1ccc(C(O)c2ccco2)s1. The molecule has 130 valence electrons. The van der Waals surface area contributed by atoms with Crippen LogP contribution in [0, 0.1) is 6.92 Å². The molecule has 1 aromatic carbocycles. The molecule has 3 aromatic rings. The van der Waals surface area contributed by atoms with Crippen molar-refractivity contribution in [3.8, 4) is 5.75 Å². The molecule has 2 N–H and O–H groups in total. The average molecular weight is 357 g/mol. The van der Waals surface area contributed by atoms with Crippen LogP contribution in [0.15, 0.2) is 59.2 Å². The van der Waals surface area contributed by atoms with E-state index in [2.05, 4.69) is 5.32 Å². The van der Waals surface area contributed by atoms with Crippen molar-refractivity contribution in [2.45, 2.75) is 19.6 Å². The molecular weight excluding hydrogens is 338 g/mol. The van der Waals surface area contributed by atoms with Crippen LogP contribution in [-0.4, -0.2) is 17.6 Å². The maximum atomic E-state index is 11.9. The molecule has 0 aliphatic carbocycles. The number of ether oxygens (including phenoxy) is 1. The molecule has 1 amide bonds. The van der Waals surface area contributed by atoms with Gasteiger partial charge in [-0.3, -0.25) is 4.79 Å². The normalized spacial score (nSPS) is 11.9. The smallest absolute Gasteiger partial charge is 0.258 e. The topological polar surface area (TPSA) is 71.7 Å². The quantitative estimate of drug-likeness (QED) is 0.680. The van der Waals surface area contributed by atoms with E-state index in [1.807, 2.05) is 43.3 Å². The second-order valence-corrected chi connectivity index (χ2v) is 6.75. The van der Waals surface area contributed by atoms with Gasteiger partial charge >= 0.3 is 0 Å². The number of hydrogen-bond donors (Lipinski definition) is 2. The summed E-state index contributed by atoms with van der Waals surface area (Å²) in [5.41, 5.74) is 0.991. The Morgan fingerprint density at radius 2 is 2.08 bits per heavy atom. The average Bonchev–Trinajstić information content (AvgIpc) is 3.30. The molecule has 2 aromatic heterocycles. The van der Waals surface area contributed by atoms with E-state index in [1.54, 1.807) is 12.1 Å². The fourth-order valence-electron chi connectivity index (χ4n) is 2.32. The van der Waals surface area contributed by atoms with Gasteiger partial charge in [-0.05, 0) is 42.8 Å². The van der Waals surface area contributed by atoms with Crippen molar-refractivity contribution in [3.63, 3.8) is 0 Å². The van der Waals surface area contributed by atoms with Crippen LogP contribution in [0.4, 0.5) is 0 Å². The maximum absolute atomic E-state index is 11.9. The minimum atomic E-state index is -0.783. The van der Waals surface area contributed by atoms with Crippen LogP contribution in [0.5, 0.6) is 5.75 Å².